The monoisotopic (exact) mass is 245 g/mol. The van der Waals surface area contributed by atoms with E-state index in [0.717, 1.165) is 18.4 Å². The van der Waals surface area contributed by atoms with Crippen LogP contribution in [0.1, 0.15) is 29.9 Å². The van der Waals surface area contributed by atoms with E-state index in [1.807, 2.05) is 6.07 Å². The van der Waals surface area contributed by atoms with Crippen molar-refractivity contribution in [1.82, 2.24) is 4.90 Å². The summed E-state index contributed by atoms with van der Waals surface area (Å²) >= 11 is 0. The van der Waals surface area contributed by atoms with Crippen LogP contribution in [0.2, 0.25) is 0 Å². The first-order valence-electron chi connectivity index (χ1n) is 5.89. The molecule has 1 aliphatic heterocycles. The van der Waals surface area contributed by atoms with Crippen LogP contribution in [0.15, 0.2) is 18.2 Å². The first-order chi connectivity index (χ1) is 8.61. The van der Waals surface area contributed by atoms with Gasteiger partial charge >= 0.3 is 6.09 Å². The first-order valence-corrected chi connectivity index (χ1v) is 5.89. The van der Waals surface area contributed by atoms with Crippen LogP contribution in [0.5, 0.6) is 0 Å². The molecule has 94 valence electrons. The molecule has 1 aromatic rings. The van der Waals surface area contributed by atoms with Gasteiger partial charge in [-0.2, -0.15) is 5.26 Å². The molecule has 1 heterocycles. The summed E-state index contributed by atoms with van der Waals surface area (Å²) in [4.78, 5) is 12.2. The van der Waals surface area contributed by atoms with Gasteiger partial charge < -0.3 is 15.7 Å². The van der Waals surface area contributed by atoms with Crippen LogP contribution in [0.25, 0.3) is 0 Å². The highest BCUT2D eigenvalue weighted by Gasteiger charge is 2.24. The summed E-state index contributed by atoms with van der Waals surface area (Å²) in [5.41, 5.74) is 8.18. The van der Waals surface area contributed by atoms with Crippen LogP contribution >= 0.6 is 0 Å². The van der Waals surface area contributed by atoms with E-state index in [2.05, 4.69) is 6.07 Å². The van der Waals surface area contributed by atoms with Crippen molar-refractivity contribution in [3.63, 3.8) is 0 Å². The minimum Gasteiger partial charge on any atom is -0.465 e. The molecule has 0 atom stereocenters. The maximum atomic E-state index is 10.8. The first kappa shape index (κ1) is 12.2. The fourth-order valence-corrected chi connectivity index (χ4v) is 2.38. The van der Waals surface area contributed by atoms with Crippen LogP contribution < -0.4 is 5.73 Å². The van der Waals surface area contributed by atoms with E-state index in [1.54, 1.807) is 12.1 Å². The van der Waals surface area contributed by atoms with Crippen LogP contribution in [0.4, 0.5) is 10.5 Å². The normalized spacial score (nSPS) is 16.3. The van der Waals surface area contributed by atoms with Crippen LogP contribution in [-0.2, 0) is 0 Å². The Kier molecular flexibility index (Phi) is 3.38. The molecule has 1 amide bonds. The van der Waals surface area contributed by atoms with Gasteiger partial charge in [0.25, 0.3) is 0 Å². The van der Waals surface area contributed by atoms with Crippen LogP contribution in [0.3, 0.4) is 0 Å². The molecule has 0 unspecified atom stereocenters. The number of piperidine rings is 1. The molecule has 0 aromatic heterocycles. The second-order valence-electron chi connectivity index (χ2n) is 4.50. The third-order valence-corrected chi connectivity index (χ3v) is 3.42. The van der Waals surface area contributed by atoms with E-state index in [4.69, 9.17) is 16.1 Å². The molecule has 5 nitrogen and oxygen atoms in total. The molecule has 5 heteroatoms. The number of nitriles is 1. The van der Waals surface area contributed by atoms with E-state index < -0.39 is 6.09 Å². The van der Waals surface area contributed by atoms with Gasteiger partial charge in [0, 0.05) is 18.8 Å². The number of carboxylic acid groups (broad SMARTS) is 1. The van der Waals surface area contributed by atoms with Crippen molar-refractivity contribution in [3.8, 4) is 6.07 Å². The second-order valence-corrected chi connectivity index (χ2v) is 4.50. The molecule has 3 N–H and O–H groups in total. The van der Waals surface area contributed by atoms with Crippen molar-refractivity contribution in [2.45, 2.75) is 18.8 Å². The van der Waals surface area contributed by atoms with Gasteiger partial charge in [-0.1, -0.05) is 0 Å². The van der Waals surface area contributed by atoms with Crippen molar-refractivity contribution in [1.29, 1.82) is 5.26 Å². The number of carbonyl (C=O) groups is 1. The lowest BCUT2D eigenvalue weighted by molar-refractivity contribution is 0.132. The third kappa shape index (κ3) is 2.38. The highest BCUT2D eigenvalue weighted by Crippen LogP contribution is 2.32. The number of anilines is 1. The summed E-state index contributed by atoms with van der Waals surface area (Å²) in [5, 5.41) is 17.8. The number of hydrogen-bond donors (Lipinski definition) is 2. The van der Waals surface area contributed by atoms with Gasteiger partial charge in [-0.25, -0.2) is 4.79 Å². The molecule has 0 bridgehead atoms. The predicted octanol–water partition coefficient (Wildman–Crippen LogP) is 2.00. The lowest BCUT2D eigenvalue weighted by atomic mass is 9.87. The zero-order valence-electron chi connectivity index (χ0n) is 9.97. The smallest absolute Gasteiger partial charge is 0.407 e. The van der Waals surface area contributed by atoms with Gasteiger partial charge in [0.05, 0.1) is 11.6 Å². The summed E-state index contributed by atoms with van der Waals surface area (Å²) in [5.74, 6) is 0.244. The fraction of sp³-hybridized carbons (Fsp3) is 0.385. The largest absolute Gasteiger partial charge is 0.465 e. The Morgan fingerprint density at radius 1 is 1.44 bits per heavy atom. The number of rotatable bonds is 1. The molecule has 0 spiro atoms. The summed E-state index contributed by atoms with van der Waals surface area (Å²) < 4.78 is 0. The zero-order valence-corrected chi connectivity index (χ0v) is 9.97. The molecule has 2 rings (SSSR count). The maximum Gasteiger partial charge on any atom is 0.407 e. The molecule has 1 aromatic carbocycles. The number of nitrogen functional groups attached to an aromatic ring is 1. The second kappa shape index (κ2) is 4.96. The average molecular weight is 245 g/mol. The zero-order chi connectivity index (χ0) is 13.1. The van der Waals surface area contributed by atoms with Gasteiger partial charge in [-0.3, -0.25) is 0 Å². The van der Waals surface area contributed by atoms with E-state index in [-0.39, 0.29) is 5.92 Å². The molecule has 1 fully saturated rings. The molecule has 18 heavy (non-hydrogen) atoms. The number of nitrogens with two attached hydrogens (primary N) is 1. The van der Waals surface area contributed by atoms with E-state index in [9.17, 15) is 4.79 Å². The maximum absolute atomic E-state index is 10.8. The summed E-state index contributed by atoms with van der Waals surface area (Å²) in [6.45, 7) is 1.05. The minimum absolute atomic E-state index is 0.244. The number of hydrogen-bond acceptors (Lipinski definition) is 3. The van der Waals surface area contributed by atoms with Crippen molar-refractivity contribution in [2.24, 2.45) is 0 Å². The van der Waals surface area contributed by atoms with Crippen LogP contribution in [-0.4, -0.2) is 29.2 Å². The lowest BCUT2D eigenvalue weighted by Gasteiger charge is -2.30. The molecular weight excluding hydrogens is 230 g/mol. The number of amides is 1. The van der Waals surface area contributed by atoms with Gasteiger partial charge in [0.2, 0.25) is 0 Å². The Balaban J connectivity index is 2.14. The number of nitrogens with zero attached hydrogens (tertiary/aromatic N) is 2. The van der Waals surface area contributed by atoms with Crippen molar-refractivity contribution in [2.75, 3.05) is 18.8 Å². The quantitative estimate of drug-likeness (QED) is 0.740. The minimum atomic E-state index is -0.868. The Morgan fingerprint density at radius 3 is 2.67 bits per heavy atom. The highest BCUT2D eigenvalue weighted by atomic mass is 16.4. The van der Waals surface area contributed by atoms with Crippen molar-refractivity contribution in [3.05, 3.63) is 29.3 Å². The third-order valence-electron chi connectivity index (χ3n) is 3.42. The molecule has 0 aliphatic carbocycles. The van der Waals surface area contributed by atoms with Gasteiger partial charge in [-0.05, 0) is 42.5 Å². The number of likely N-dealkylation sites (tertiary alicyclic amines) is 1. The predicted molar refractivity (Wildman–Crippen MR) is 67.1 cm³/mol. The molecule has 1 saturated heterocycles. The molecular formula is C13H15N3O2. The highest BCUT2D eigenvalue weighted by molar-refractivity contribution is 5.65. The van der Waals surface area contributed by atoms with Gasteiger partial charge in [-0.15, -0.1) is 0 Å². The summed E-state index contributed by atoms with van der Waals surface area (Å²) in [7, 11) is 0. The molecule has 0 saturated carbocycles. The standard InChI is InChI=1S/C13H15N3O2/c14-8-9-1-2-12(15)11(7-9)10-3-5-16(6-4-10)13(17)18/h1-2,7,10H,3-6,15H2,(H,17,18). The number of benzene rings is 1. The topological polar surface area (TPSA) is 90.4 Å². The SMILES string of the molecule is N#Cc1ccc(N)c(C2CCN(C(=O)O)CC2)c1. The Hall–Kier alpha value is -2.22. The van der Waals surface area contributed by atoms with Crippen molar-refractivity contribution >= 4 is 11.8 Å². The van der Waals surface area contributed by atoms with Crippen molar-refractivity contribution < 1.29 is 9.90 Å². The molecule has 0 radical (unpaired) electrons. The lowest BCUT2D eigenvalue weighted by Crippen LogP contribution is -2.36. The Labute approximate surface area is 105 Å². The Morgan fingerprint density at radius 2 is 2.11 bits per heavy atom. The molecule has 1 aliphatic rings. The fourth-order valence-electron chi connectivity index (χ4n) is 2.38. The van der Waals surface area contributed by atoms with Gasteiger partial charge in [0.15, 0.2) is 0 Å². The summed E-state index contributed by atoms with van der Waals surface area (Å²) in [6, 6.07) is 7.36. The van der Waals surface area contributed by atoms with E-state index in [0.29, 0.717) is 24.3 Å². The Bertz CT molecular complexity index is 499. The summed E-state index contributed by atoms with van der Waals surface area (Å²) in [6.07, 6.45) is 0.642. The van der Waals surface area contributed by atoms with Gasteiger partial charge in [0.1, 0.15) is 0 Å². The average Bonchev–Trinajstić information content (AvgIpc) is 2.39. The van der Waals surface area contributed by atoms with E-state index >= 15 is 0 Å². The van der Waals surface area contributed by atoms with E-state index in [1.165, 1.54) is 4.90 Å². The van der Waals surface area contributed by atoms with Crippen LogP contribution in [0, 0.1) is 11.3 Å².